The quantitative estimate of drug-likeness (QED) is 0.853. The van der Waals surface area contributed by atoms with Crippen LogP contribution in [-0.4, -0.2) is 46.2 Å². The molecule has 27 heavy (non-hydrogen) atoms. The van der Waals surface area contributed by atoms with Gasteiger partial charge in [-0.25, -0.2) is 4.98 Å². The van der Waals surface area contributed by atoms with Crippen molar-refractivity contribution in [1.82, 2.24) is 9.88 Å². The van der Waals surface area contributed by atoms with Crippen LogP contribution in [0, 0.1) is 5.41 Å². The Hall–Kier alpha value is -2.40. The lowest BCUT2D eigenvalue weighted by atomic mass is 9.70. The molecule has 5 heteroatoms. The van der Waals surface area contributed by atoms with Crippen LogP contribution in [0.4, 0.5) is 0 Å². The first-order chi connectivity index (χ1) is 13.2. The maximum atomic E-state index is 13.4. The number of ether oxygens (including phenoxy) is 1. The number of aromatic nitrogens is 1. The lowest BCUT2D eigenvalue weighted by Gasteiger charge is -2.36. The molecule has 2 saturated heterocycles. The summed E-state index contributed by atoms with van der Waals surface area (Å²) in [6.45, 7) is 2.45. The third kappa shape index (κ3) is 3.10. The molecule has 0 aliphatic carbocycles. The minimum atomic E-state index is -0.270. The van der Waals surface area contributed by atoms with Crippen LogP contribution < -0.4 is 4.74 Å². The van der Waals surface area contributed by atoms with Gasteiger partial charge in [0.15, 0.2) is 0 Å². The monoisotopic (exact) mass is 366 g/mol. The van der Waals surface area contributed by atoms with Gasteiger partial charge in [-0.1, -0.05) is 30.3 Å². The largest absolute Gasteiger partial charge is 0.477 e. The fourth-order valence-electron chi connectivity index (χ4n) is 4.96. The van der Waals surface area contributed by atoms with Crippen molar-refractivity contribution in [1.29, 1.82) is 0 Å². The zero-order valence-corrected chi connectivity index (χ0v) is 15.7. The molecule has 3 atom stereocenters. The normalized spacial score (nSPS) is 26.4. The number of carbonyl (C=O) groups is 1. The van der Waals surface area contributed by atoms with E-state index >= 15 is 0 Å². The van der Waals surface area contributed by atoms with Crippen molar-refractivity contribution in [3.05, 3.63) is 59.8 Å². The minimum Gasteiger partial charge on any atom is -0.477 e. The van der Waals surface area contributed by atoms with Gasteiger partial charge in [0.1, 0.15) is 5.56 Å². The lowest BCUT2D eigenvalue weighted by molar-refractivity contribution is 0.0567. The van der Waals surface area contributed by atoms with Gasteiger partial charge in [-0.2, -0.15) is 0 Å². The van der Waals surface area contributed by atoms with Gasteiger partial charge in [0.25, 0.3) is 5.91 Å². The molecule has 1 N–H and O–H groups in total. The van der Waals surface area contributed by atoms with E-state index in [1.54, 1.807) is 18.3 Å². The van der Waals surface area contributed by atoms with Gasteiger partial charge >= 0.3 is 0 Å². The van der Waals surface area contributed by atoms with Crippen molar-refractivity contribution >= 4 is 5.91 Å². The molecule has 5 nitrogen and oxygen atoms in total. The maximum Gasteiger partial charge on any atom is 0.259 e. The van der Waals surface area contributed by atoms with Crippen LogP contribution in [-0.2, 0) is 6.42 Å². The molecular weight excluding hydrogens is 340 g/mol. The molecule has 2 bridgehead atoms. The summed E-state index contributed by atoms with van der Waals surface area (Å²) in [5, 5.41) is 10.3. The third-order valence-electron chi connectivity index (χ3n) is 6.08. The molecule has 0 spiro atoms. The molecule has 3 heterocycles. The molecule has 0 radical (unpaired) electrons. The molecule has 2 fully saturated rings. The van der Waals surface area contributed by atoms with E-state index in [9.17, 15) is 9.90 Å². The number of aliphatic hydroxyl groups is 1. The molecule has 0 saturated carbocycles. The topological polar surface area (TPSA) is 62.7 Å². The van der Waals surface area contributed by atoms with Crippen LogP contribution in [0.2, 0.25) is 0 Å². The van der Waals surface area contributed by atoms with Gasteiger partial charge in [-0.3, -0.25) is 4.79 Å². The smallest absolute Gasteiger partial charge is 0.259 e. The molecule has 1 aromatic carbocycles. The summed E-state index contributed by atoms with van der Waals surface area (Å²) in [4.78, 5) is 19.6. The van der Waals surface area contributed by atoms with E-state index in [1.165, 1.54) is 5.56 Å². The van der Waals surface area contributed by atoms with Crippen LogP contribution in [0.25, 0.3) is 0 Å². The first-order valence-corrected chi connectivity index (χ1v) is 9.74. The fourth-order valence-corrected chi connectivity index (χ4v) is 4.96. The number of hydrogen-bond acceptors (Lipinski definition) is 4. The van der Waals surface area contributed by atoms with Crippen molar-refractivity contribution in [3.63, 3.8) is 0 Å². The summed E-state index contributed by atoms with van der Waals surface area (Å²) >= 11 is 0. The third-order valence-corrected chi connectivity index (χ3v) is 6.08. The minimum absolute atomic E-state index is 0.0255. The van der Waals surface area contributed by atoms with E-state index in [4.69, 9.17) is 4.74 Å². The van der Waals surface area contributed by atoms with E-state index in [-0.39, 0.29) is 30.0 Å². The van der Waals surface area contributed by atoms with Crippen LogP contribution >= 0.6 is 0 Å². The molecule has 1 aromatic heterocycles. The van der Waals surface area contributed by atoms with Crippen molar-refractivity contribution in [2.45, 2.75) is 44.7 Å². The summed E-state index contributed by atoms with van der Waals surface area (Å²) in [6, 6.07) is 14.0. The molecule has 0 unspecified atom stereocenters. The highest BCUT2D eigenvalue weighted by molar-refractivity contribution is 5.97. The first kappa shape index (κ1) is 18.0. The molecule has 2 aliphatic heterocycles. The number of benzene rings is 1. The maximum absolute atomic E-state index is 13.4. The second-order valence-corrected chi connectivity index (χ2v) is 7.64. The van der Waals surface area contributed by atoms with E-state index in [1.807, 2.05) is 30.0 Å². The van der Waals surface area contributed by atoms with E-state index < -0.39 is 0 Å². The van der Waals surface area contributed by atoms with Gasteiger partial charge in [0.2, 0.25) is 5.88 Å². The second-order valence-electron chi connectivity index (χ2n) is 7.64. The van der Waals surface area contributed by atoms with Crippen LogP contribution in [0.5, 0.6) is 5.88 Å². The standard InChI is InChI=1S/C22H26N2O3/c1-2-27-20-18(9-6-12-23-20)21(26)24-17-10-11-19(24)22(14-17,15-25)13-16-7-4-3-5-8-16/h3-9,12,17,19,25H,2,10-11,13-15H2,1H3/t17-,19+,22-/m0/s1. The molecule has 4 rings (SSSR count). The van der Waals surface area contributed by atoms with E-state index in [2.05, 4.69) is 17.1 Å². The Morgan fingerprint density at radius 2 is 2.07 bits per heavy atom. The Bertz CT molecular complexity index is 810. The SMILES string of the molecule is CCOc1ncccc1C(=O)N1[C@H]2CC[C@@H]1[C@@](CO)(Cc1ccccc1)C2. The van der Waals surface area contributed by atoms with Gasteiger partial charge in [-0.05, 0) is 50.3 Å². The van der Waals surface area contributed by atoms with Gasteiger partial charge < -0.3 is 14.7 Å². The number of rotatable bonds is 6. The Kier molecular flexibility index (Phi) is 4.87. The van der Waals surface area contributed by atoms with Crippen molar-refractivity contribution in [2.75, 3.05) is 13.2 Å². The highest BCUT2D eigenvalue weighted by atomic mass is 16.5. The number of amides is 1. The van der Waals surface area contributed by atoms with E-state index in [0.29, 0.717) is 18.1 Å². The number of hydrogen-bond donors (Lipinski definition) is 1. The highest BCUT2D eigenvalue weighted by Crippen LogP contribution is 2.52. The molecule has 142 valence electrons. The second kappa shape index (κ2) is 7.31. The van der Waals surface area contributed by atoms with Crippen molar-refractivity contribution in [3.8, 4) is 5.88 Å². The van der Waals surface area contributed by atoms with Gasteiger partial charge in [0, 0.05) is 23.7 Å². The zero-order valence-electron chi connectivity index (χ0n) is 15.7. The van der Waals surface area contributed by atoms with E-state index in [0.717, 1.165) is 25.7 Å². The summed E-state index contributed by atoms with van der Waals surface area (Å²) in [5.74, 6) is 0.372. The first-order valence-electron chi connectivity index (χ1n) is 9.74. The molecule has 1 amide bonds. The summed E-state index contributed by atoms with van der Waals surface area (Å²) in [7, 11) is 0. The average Bonchev–Trinajstić information content (AvgIpc) is 3.25. The van der Waals surface area contributed by atoms with Crippen LogP contribution in [0.1, 0.15) is 42.1 Å². The van der Waals surface area contributed by atoms with Crippen molar-refractivity contribution in [2.24, 2.45) is 5.41 Å². The number of fused-ring (bicyclic) bond motifs is 2. The van der Waals surface area contributed by atoms with Crippen LogP contribution in [0.15, 0.2) is 48.7 Å². The average molecular weight is 366 g/mol. The lowest BCUT2D eigenvalue weighted by Crippen LogP contribution is -2.44. The Balaban J connectivity index is 1.63. The summed E-state index contributed by atoms with van der Waals surface area (Å²) < 4.78 is 5.57. The Morgan fingerprint density at radius 1 is 1.26 bits per heavy atom. The van der Waals surface area contributed by atoms with Crippen LogP contribution in [0.3, 0.4) is 0 Å². The number of nitrogens with zero attached hydrogens (tertiary/aromatic N) is 2. The zero-order chi connectivity index (χ0) is 18.9. The fraction of sp³-hybridized carbons (Fsp3) is 0.455. The van der Waals surface area contributed by atoms with Crippen molar-refractivity contribution < 1.29 is 14.6 Å². The predicted octanol–water partition coefficient (Wildman–Crippen LogP) is 3.08. The predicted molar refractivity (Wildman–Crippen MR) is 103 cm³/mol. The highest BCUT2D eigenvalue weighted by Gasteiger charge is 2.57. The Labute approximate surface area is 160 Å². The number of pyridine rings is 1. The Morgan fingerprint density at radius 3 is 2.81 bits per heavy atom. The number of carbonyl (C=O) groups excluding carboxylic acids is 1. The molecule has 2 aromatic rings. The molecular formula is C22H26N2O3. The summed E-state index contributed by atoms with van der Waals surface area (Å²) in [5.41, 5.74) is 1.46. The number of aliphatic hydroxyl groups excluding tert-OH is 1. The van der Waals surface area contributed by atoms with Gasteiger partial charge in [-0.15, -0.1) is 0 Å². The summed E-state index contributed by atoms with van der Waals surface area (Å²) in [6.07, 6.45) is 5.22. The van der Waals surface area contributed by atoms with Gasteiger partial charge in [0.05, 0.1) is 13.2 Å². The molecule has 2 aliphatic rings.